The van der Waals surface area contributed by atoms with E-state index in [1.807, 2.05) is 6.08 Å². The van der Waals surface area contributed by atoms with Crippen LogP contribution in [-0.4, -0.2) is 29.4 Å². The molecule has 0 spiro atoms. The maximum atomic E-state index is 10.7. The number of allylic oxidation sites excluding steroid dienone is 3. The maximum absolute atomic E-state index is 10.7. The molecule has 3 nitrogen and oxygen atoms in total. The highest BCUT2D eigenvalue weighted by atomic mass is 16.3. The molecule has 1 aliphatic heterocycles. The van der Waals surface area contributed by atoms with Crippen LogP contribution in [0, 0.1) is 5.92 Å². The van der Waals surface area contributed by atoms with Crippen LogP contribution in [0.15, 0.2) is 54.8 Å². The molecule has 0 bridgehead atoms. The molecule has 1 fully saturated rings. The molecule has 0 aliphatic carbocycles. The lowest BCUT2D eigenvalue weighted by molar-refractivity contribution is -0.104. The quantitative estimate of drug-likeness (QED) is 0.361. The van der Waals surface area contributed by atoms with Crippen molar-refractivity contribution in [2.24, 2.45) is 5.92 Å². The lowest BCUT2D eigenvalue weighted by Gasteiger charge is -2.38. The summed E-state index contributed by atoms with van der Waals surface area (Å²) in [6.07, 6.45) is 3.48. The van der Waals surface area contributed by atoms with Gasteiger partial charge in [-0.05, 0) is 29.2 Å². The number of benzene rings is 1. The highest BCUT2D eigenvalue weighted by Gasteiger charge is 2.28. The predicted molar refractivity (Wildman–Crippen MR) is 90.4 cm³/mol. The van der Waals surface area contributed by atoms with E-state index in [0.717, 1.165) is 43.5 Å². The summed E-state index contributed by atoms with van der Waals surface area (Å²) in [5, 5.41) is 9.31. The molecule has 1 aliphatic rings. The van der Waals surface area contributed by atoms with Crippen LogP contribution in [0.25, 0.3) is 5.57 Å². The van der Waals surface area contributed by atoms with Gasteiger partial charge in [0, 0.05) is 31.1 Å². The van der Waals surface area contributed by atoms with Gasteiger partial charge in [-0.3, -0.25) is 9.69 Å². The van der Waals surface area contributed by atoms with Gasteiger partial charge in [0.25, 0.3) is 0 Å². The second-order valence-corrected chi connectivity index (χ2v) is 5.80. The zero-order chi connectivity index (χ0) is 16.1. The van der Waals surface area contributed by atoms with Gasteiger partial charge in [0.15, 0.2) is 0 Å². The van der Waals surface area contributed by atoms with Crippen LogP contribution < -0.4 is 0 Å². The molecule has 1 N–H and O–H groups in total. The van der Waals surface area contributed by atoms with E-state index in [2.05, 4.69) is 49.2 Å². The molecule has 0 unspecified atom stereocenters. The average molecular weight is 297 g/mol. The van der Waals surface area contributed by atoms with E-state index in [9.17, 15) is 9.90 Å². The van der Waals surface area contributed by atoms with Gasteiger partial charge in [0.05, 0.1) is 5.76 Å². The lowest BCUT2D eigenvalue weighted by Crippen LogP contribution is -2.46. The number of hydrogen-bond donors (Lipinski definition) is 1. The van der Waals surface area contributed by atoms with Gasteiger partial charge in [0.1, 0.15) is 6.29 Å². The summed E-state index contributed by atoms with van der Waals surface area (Å²) in [4.78, 5) is 13.0. The number of carbonyl (C=O) groups is 1. The Morgan fingerprint density at radius 3 is 2.45 bits per heavy atom. The topological polar surface area (TPSA) is 40.5 Å². The summed E-state index contributed by atoms with van der Waals surface area (Å²) < 4.78 is 0. The van der Waals surface area contributed by atoms with Crippen molar-refractivity contribution >= 4 is 11.9 Å². The third-order valence-corrected chi connectivity index (χ3v) is 4.05. The zero-order valence-electron chi connectivity index (χ0n) is 13.1. The molecule has 1 aromatic rings. The van der Waals surface area contributed by atoms with Crippen LogP contribution in [0.4, 0.5) is 0 Å². The van der Waals surface area contributed by atoms with Crippen molar-refractivity contribution in [2.45, 2.75) is 19.9 Å². The molecule has 0 atom stereocenters. The number of nitrogens with zero attached hydrogens (tertiary/aromatic N) is 1. The van der Waals surface area contributed by atoms with Crippen LogP contribution in [-0.2, 0) is 11.3 Å². The first-order chi connectivity index (χ1) is 10.5. The number of carbonyl (C=O) groups excluding carboxylic acids is 1. The molecule has 116 valence electrons. The Hall–Kier alpha value is -2.13. The first-order valence-corrected chi connectivity index (χ1v) is 7.57. The smallest absolute Gasteiger partial charge is 0.149 e. The molecule has 2 rings (SSSR count). The van der Waals surface area contributed by atoms with Crippen LogP contribution in [0.3, 0.4) is 0 Å². The number of aliphatic hydroxyl groups excluding tert-OH is 1. The molecular weight excluding hydrogens is 274 g/mol. The summed E-state index contributed by atoms with van der Waals surface area (Å²) in [7, 11) is 0. The minimum Gasteiger partial charge on any atom is -0.513 e. The second-order valence-electron chi connectivity index (χ2n) is 5.80. The van der Waals surface area contributed by atoms with Gasteiger partial charge in [-0.25, -0.2) is 0 Å². The highest BCUT2D eigenvalue weighted by molar-refractivity contribution is 5.82. The summed E-state index contributed by atoms with van der Waals surface area (Å²) >= 11 is 0. The average Bonchev–Trinajstić information content (AvgIpc) is 2.48. The molecule has 1 saturated heterocycles. The first kappa shape index (κ1) is 16.2. The van der Waals surface area contributed by atoms with E-state index >= 15 is 0 Å². The lowest BCUT2D eigenvalue weighted by atomic mass is 9.96. The van der Waals surface area contributed by atoms with Gasteiger partial charge >= 0.3 is 0 Å². The van der Waals surface area contributed by atoms with E-state index < -0.39 is 0 Å². The molecule has 0 amide bonds. The second kappa shape index (κ2) is 7.23. The van der Waals surface area contributed by atoms with Crippen molar-refractivity contribution in [1.29, 1.82) is 0 Å². The Labute approximate surface area is 132 Å². The largest absolute Gasteiger partial charge is 0.513 e. The zero-order valence-corrected chi connectivity index (χ0v) is 13.1. The van der Waals surface area contributed by atoms with Crippen molar-refractivity contribution in [3.8, 4) is 0 Å². The van der Waals surface area contributed by atoms with Crippen molar-refractivity contribution in [3.05, 3.63) is 66.0 Å². The van der Waals surface area contributed by atoms with Crippen LogP contribution in [0.5, 0.6) is 0 Å². The van der Waals surface area contributed by atoms with E-state index in [1.165, 1.54) is 5.56 Å². The fraction of sp³-hybridized carbons (Fsp3) is 0.316. The van der Waals surface area contributed by atoms with Gasteiger partial charge in [0.2, 0.25) is 0 Å². The summed E-state index contributed by atoms with van der Waals surface area (Å²) in [5.74, 6) is 0.517. The van der Waals surface area contributed by atoms with Crippen LogP contribution >= 0.6 is 0 Å². The number of likely N-dealkylation sites (tertiary alicyclic amines) is 1. The third kappa shape index (κ3) is 3.95. The first-order valence-electron chi connectivity index (χ1n) is 7.57. The third-order valence-electron chi connectivity index (χ3n) is 4.05. The Kier molecular flexibility index (Phi) is 5.34. The Balaban J connectivity index is 1.98. The molecule has 1 heterocycles. The molecule has 0 radical (unpaired) electrons. The maximum Gasteiger partial charge on any atom is 0.149 e. The summed E-state index contributed by atoms with van der Waals surface area (Å²) in [6.45, 7) is 12.0. The van der Waals surface area contributed by atoms with E-state index in [1.54, 1.807) is 0 Å². The highest BCUT2D eigenvalue weighted by Crippen LogP contribution is 2.24. The van der Waals surface area contributed by atoms with Crippen molar-refractivity contribution in [2.75, 3.05) is 13.1 Å². The number of aliphatic hydroxyl groups is 1. The Morgan fingerprint density at radius 2 is 1.95 bits per heavy atom. The predicted octanol–water partition coefficient (Wildman–Crippen LogP) is 3.74. The molecule has 3 heteroatoms. The van der Waals surface area contributed by atoms with E-state index in [0.29, 0.717) is 11.3 Å². The standard InChI is InChI=1S/C19H23NO2/c1-4-17(9-14(2)13-21)18-7-5-16(6-8-18)10-20-11-19(12-20)15(3)22/h5-9,13,19,22H,2-4,10-12H2,1H3/b17-9+. The number of hydrogen-bond acceptors (Lipinski definition) is 3. The molecule has 1 aromatic carbocycles. The van der Waals surface area contributed by atoms with Crippen molar-refractivity contribution in [3.63, 3.8) is 0 Å². The fourth-order valence-electron chi connectivity index (χ4n) is 2.64. The minimum absolute atomic E-state index is 0.225. The van der Waals surface area contributed by atoms with Gasteiger partial charge < -0.3 is 5.11 Å². The summed E-state index contributed by atoms with van der Waals surface area (Å²) in [6, 6.07) is 8.41. The Bertz CT molecular complexity index is 592. The molecule has 0 saturated carbocycles. The SMILES string of the molecule is C=C(C=O)/C=C(\CC)c1ccc(CN2CC(C(=C)O)C2)cc1. The molecular formula is C19H23NO2. The van der Waals surface area contributed by atoms with Crippen LogP contribution in [0.1, 0.15) is 24.5 Å². The van der Waals surface area contributed by atoms with Crippen molar-refractivity contribution in [1.82, 2.24) is 4.90 Å². The molecule has 0 aromatic heterocycles. The number of rotatable bonds is 7. The minimum atomic E-state index is 0.225. The monoisotopic (exact) mass is 297 g/mol. The van der Waals surface area contributed by atoms with Gasteiger partial charge in [-0.1, -0.05) is 44.3 Å². The van der Waals surface area contributed by atoms with Gasteiger partial charge in [-0.15, -0.1) is 0 Å². The van der Waals surface area contributed by atoms with Crippen LogP contribution in [0.2, 0.25) is 0 Å². The van der Waals surface area contributed by atoms with E-state index in [4.69, 9.17) is 0 Å². The normalized spacial score (nSPS) is 16.1. The van der Waals surface area contributed by atoms with Gasteiger partial charge in [-0.2, -0.15) is 0 Å². The Morgan fingerprint density at radius 1 is 1.32 bits per heavy atom. The van der Waals surface area contributed by atoms with E-state index in [-0.39, 0.29) is 5.92 Å². The molecule has 22 heavy (non-hydrogen) atoms. The summed E-state index contributed by atoms with van der Waals surface area (Å²) in [5.41, 5.74) is 3.98. The van der Waals surface area contributed by atoms with Crippen molar-refractivity contribution < 1.29 is 9.90 Å². The number of aldehydes is 1. The fourth-order valence-corrected chi connectivity index (χ4v) is 2.64.